The Labute approximate surface area is 122 Å². The van der Waals surface area contributed by atoms with Gasteiger partial charge in [0.25, 0.3) is 0 Å². The van der Waals surface area contributed by atoms with Gasteiger partial charge in [-0.05, 0) is 27.1 Å². The van der Waals surface area contributed by atoms with Crippen LogP contribution in [0.5, 0.6) is 5.75 Å². The molecule has 0 saturated carbocycles. The van der Waals surface area contributed by atoms with Crippen molar-refractivity contribution in [2.24, 2.45) is 0 Å². The Balaban J connectivity index is 2.24. The quantitative estimate of drug-likeness (QED) is 0.855. The summed E-state index contributed by atoms with van der Waals surface area (Å²) in [5.74, 6) is 1.03. The molecule has 1 aliphatic rings. The molecule has 20 heavy (non-hydrogen) atoms. The summed E-state index contributed by atoms with van der Waals surface area (Å²) in [4.78, 5) is 4.82. The minimum atomic E-state index is 0.398. The monoisotopic (exact) mass is 277 g/mol. The third-order valence-corrected chi connectivity index (χ3v) is 3.71. The van der Waals surface area contributed by atoms with E-state index in [0.29, 0.717) is 12.6 Å². The van der Waals surface area contributed by atoms with Crippen LogP contribution < -0.4 is 10.1 Å². The van der Waals surface area contributed by atoms with Gasteiger partial charge in [-0.1, -0.05) is 18.2 Å². The van der Waals surface area contributed by atoms with Crippen LogP contribution in [0.25, 0.3) is 0 Å². The van der Waals surface area contributed by atoms with Crippen LogP contribution in [-0.4, -0.2) is 63.2 Å². The Morgan fingerprint density at radius 3 is 2.60 bits per heavy atom. The van der Waals surface area contributed by atoms with Crippen LogP contribution in [0, 0.1) is 0 Å². The summed E-state index contributed by atoms with van der Waals surface area (Å²) in [6, 6.07) is 8.86. The lowest BCUT2D eigenvalue weighted by molar-refractivity contribution is 0.141. The zero-order chi connectivity index (χ0) is 14.4. The maximum absolute atomic E-state index is 5.83. The van der Waals surface area contributed by atoms with Crippen LogP contribution in [0.1, 0.15) is 18.5 Å². The fourth-order valence-electron chi connectivity index (χ4n) is 2.79. The average molecular weight is 277 g/mol. The predicted molar refractivity (Wildman–Crippen MR) is 83.3 cm³/mol. The molecule has 0 amide bonds. The molecule has 0 aliphatic carbocycles. The molecule has 1 atom stereocenters. The summed E-state index contributed by atoms with van der Waals surface area (Å²) in [5.41, 5.74) is 1.31. The first-order valence-corrected chi connectivity index (χ1v) is 7.53. The minimum absolute atomic E-state index is 0.398. The Bertz CT molecular complexity index is 402. The number of hydrogen-bond acceptors (Lipinski definition) is 4. The SMILES string of the molecule is CCOc1ccccc1C(CN(C)C)N1CCNCC1. The molecule has 0 radical (unpaired) electrons. The maximum atomic E-state index is 5.83. The Kier molecular flexibility index (Phi) is 5.83. The number of para-hydroxylation sites is 1. The predicted octanol–water partition coefficient (Wildman–Crippen LogP) is 1.59. The maximum Gasteiger partial charge on any atom is 0.124 e. The van der Waals surface area contributed by atoms with Gasteiger partial charge >= 0.3 is 0 Å². The van der Waals surface area contributed by atoms with Crippen molar-refractivity contribution in [3.05, 3.63) is 29.8 Å². The molecular formula is C16H27N3O. The summed E-state index contributed by atoms with van der Waals surface area (Å²) in [6.45, 7) is 8.11. The lowest BCUT2D eigenvalue weighted by atomic mass is 10.0. The van der Waals surface area contributed by atoms with Gasteiger partial charge in [0.05, 0.1) is 12.6 Å². The zero-order valence-corrected chi connectivity index (χ0v) is 12.9. The molecule has 112 valence electrons. The van der Waals surface area contributed by atoms with Gasteiger partial charge in [0, 0.05) is 38.3 Å². The molecule has 1 N–H and O–H groups in total. The highest BCUT2D eigenvalue weighted by Gasteiger charge is 2.25. The van der Waals surface area contributed by atoms with Gasteiger partial charge < -0.3 is 15.0 Å². The number of likely N-dealkylation sites (N-methyl/N-ethyl adjacent to an activating group) is 1. The second kappa shape index (κ2) is 7.62. The van der Waals surface area contributed by atoms with Crippen LogP contribution in [-0.2, 0) is 0 Å². The fourth-order valence-corrected chi connectivity index (χ4v) is 2.79. The van der Waals surface area contributed by atoms with Gasteiger partial charge in [-0.2, -0.15) is 0 Å². The fraction of sp³-hybridized carbons (Fsp3) is 0.625. The number of hydrogen-bond donors (Lipinski definition) is 1. The van der Waals surface area contributed by atoms with Gasteiger partial charge in [0.15, 0.2) is 0 Å². The molecule has 0 aromatic heterocycles. The second-order valence-corrected chi connectivity index (χ2v) is 5.53. The highest BCUT2D eigenvalue weighted by Crippen LogP contribution is 2.30. The summed E-state index contributed by atoms with van der Waals surface area (Å²) >= 11 is 0. The van der Waals surface area contributed by atoms with E-state index < -0.39 is 0 Å². The molecule has 1 aromatic rings. The first-order chi connectivity index (χ1) is 9.72. The first kappa shape index (κ1) is 15.3. The number of ether oxygens (including phenoxy) is 1. The zero-order valence-electron chi connectivity index (χ0n) is 12.9. The lowest BCUT2D eigenvalue weighted by Gasteiger charge is -2.37. The Hall–Kier alpha value is -1.10. The highest BCUT2D eigenvalue weighted by atomic mass is 16.5. The molecule has 1 unspecified atom stereocenters. The van der Waals surface area contributed by atoms with Crippen LogP contribution in [0.3, 0.4) is 0 Å². The van der Waals surface area contributed by atoms with Crippen molar-refractivity contribution in [3.63, 3.8) is 0 Å². The van der Waals surface area contributed by atoms with Crippen molar-refractivity contribution in [3.8, 4) is 5.75 Å². The highest BCUT2D eigenvalue weighted by molar-refractivity contribution is 5.36. The van der Waals surface area contributed by atoms with Crippen LogP contribution >= 0.6 is 0 Å². The third kappa shape index (κ3) is 3.95. The summed E-state index contributed by atoms with van der Waals surface area (Å²) in [7, 11) is 4.27. The number of rotatable bonds is 6. The topological polar surface area (TPSA) is 27.7 Å². The Morgan fingerprint density at radius 2 is 1.95 bits per heavy atom. The van der Waals surface area contributed by atoms with E-state index in [2.05, 4.69) is 53.5 Å². The van der Waals surface area contributed by atoms with Gasteiger partial charge in [0.2, 0.25) is 0 Å². The lowest BCUT2D eigenvalue weighted by Crippen LogP contribution is -2.47. The third-order valence-electron chi connectivity index (χ3n) is 3.71. The van der Waals surface area contributed by atoms with Crippen molar-refractivity contribution in [1.29, 1.82) is 0 Å². The molecule has 0 bridgehead atoms. The van der Waals surface area contributed by atoms with Crippen LogP contribution in [0.4, 0.5) is 0 Å². The largest absolute Gasteiger partial charge is 0.494 e. The molecule has 1 aliphatic heterocycles. The number of piperazine rings is 1. The second-order valence-electron chi connectivity index (χ2n) is 5.53. The Morgan fingerprint density at radius 1 is 1.25 bits per heavy atom. The molecule has 1 aromatic carbocycles. The van der Waals surface area contributed by atoms with E-state index >= 15 is 0 Å². The van der Waals surface area contributed by atoms with E-state index in [9.17, 15) is 0 Å². The van der Waals surface area contributed by atoms with Crippen molar-refractivity contribution in [2.45, 2.75) is 13.0 Å². The molecule has 0 spiro atoms. The summed E-state index contributed by atoms with van der Waals surface area (Å²) in [5, 5.41) is 3.43. The van der Waals surface area contributed by atoms with Gasteiger partial charge in [-0.3, -0.25) is 4.90 Å². The molecular weight excluding hydrogens is 250 g/mol. The molecule has 1 heterocycles. The van der Waals surface area contributed by atoms with E-state index in [1.807, 2.05) is 6.92 Å². The van der Waals surface area contributed by atoms with Crippen molar-refractivity contribution < 1.29 is 4.74 Å². The van der Waals surface area contributed by atoms with Gasteiger partial charge in [0.1, 0.15) is 5.75 Å². The smallest absolute Gasteiger partial charge is 0.124 e. The molecule has 1 saturated heterocycles. The van der Waals surface area contributed by atoms with Crippen molar-refractivity contribution >= 4 is 0 Å². The van der Waals surface area contributed by atoms with Crippen molar-refractivity contribution in [2.75, 3.05) is 53.4 Å². The number of nitrogens with zero attached hydrogens (tertiary/aromatic N) is 2. The number of benzene rings is 1. The van der Waals surface area contributed by atoms with E-state index in [0.717, 1.165) is 38.5 Å². The first-order valence-electron chi connectivity index (χ1n) is 7.53. The molecule has 2 rings (SSSR count). The van der Waals surface area contributed by atoms with Crippen LogP contribution in [0.2, 0.25) is 0 Å². The van der Waals surface area contributed by atoms with Gasteiger partial charge in [-0.25, -0.2) is 0 Å². The standard InChI is InChI=1S/C16H27N3O/c1-4-20-16-8-6-5-7-14(16)15(13-18(2)3)19-11-9-17-10-12-19/h5-8,15,17H,4,9-13H2,1-3H3. The van der Waals surface area contributed by atoms with E-state index in [4.69, 9.17) is 4.74 Å². The van der Waals surface area contributed by atoms with E-state index in [1.54, 1.807) is 0 Å². The number of nitrogens with one attached hydrogen (secondary N) is 1. The molecule has 4 nitrogen and oxygen atoms in total. The van der Waals surface area contributed by atoms with Gasteiger partial charge in [-0.15, -0.1) is 0 Å². The van der Waals surface area contributed by atoms with Crippen LogP contribution in [0.15, 0.2) is 24.3 Å². The minimum Gasteiger partial charge on any atom is -0.494 e. The molecule has 4 heteroatoms. The van der Waals surface area contributed by atoms with Crippen molar-refractivity contribution in [1.82, 2.24) is 15.1 Å². The van der Waals surface area contributed by atoms with E-state index in [1.165, 1.54) is 5.56 Å². The average Bonchev–Trinajstić information content (AvgIpc) is 2.47. The van der Waals surface area contributed by atoms with E-state index in [-0.39, 0.29) is 0 Å². The molecule has 1 fully saturated rings. The normalized spacial score (nSPS) is 18.2. The summed E-state index contributed by atoms with van der Waals surface area (Å²) in [6.07, 6.45) is 0. The summed E-state index contributed by atoms with van der Waals surface area (Å²) < 4.78 is 5.83.